The summed E-state index contributed by atoms with van der Waals surface area (Å²) in [5.41, 5.74) is -0.390. The molecule has 3 aromatic rings. The summed E-state index contributed by atoms with van der Waals surface area (Å²) in [5, 5.41) is 13.2. The summed E-state index contributed by atoms with van der Waals surface area (Å²) < 4.78 is 11.1. The van der Waals surface area contributed by atoms with Crippen molar-refractivity contribution in [2.75, 3.05) is 0 Å². The minimum Gasteiger partial charge on any atom is -0.470 e. The predicted octanol–water partition coefficient (Wildman–Crippen LogP) is 4.12. The molecule has 0 saturated carbocycles. The largest absolute Gasteiger partial charge is 0.470 e. The number of hydrogen-bond acceptors (Lipinski definition) is 6. The summed E-state index contributed by atoms with van der Waals surface area (Å²) in [5.74, 6) is 0.215. The highest BCUT2D eigenvalue weighted by Crippen LogP contribution is 2.37. The number of benzene rings is 2. The molecule has 7 nitrogen and oxygen atoms in total. The second kappa shape index (κ2) is 6.49. The van der Waals surface area contributed by atoms with Crippen molar-refractivity contribution in [2.24, 2.45) is 0 Å². The third-order valence-electron chi connectivity index (χ3n) is 3.24. The van der Waals surface area contributed by atoms with E-state index in [9.17, 15) is 10.1 Å². The van der Waals surface area contributed by atoms with Gasteiger partial charge in [-0.2, -0.15) is 9.97 Å². The van der Waals surface area contributed by atoms with Gasteiger partial charge in [-0.3, -0.25) is 10.1 Å². The monoisotopic (exact) mass is 325 g/mol. The molecule has 0 radical (unpaired) electrons. The maximum absolute atomic E-state index is 11.4. The Balaban J connectivity index is 2.07. The van der Waals surface area contributed by atoms with E-state index in [4.69, 9.17) is 9.47 Å². The molecule has 0 bridgehead atoms. The van der Waals surface area contributed by atoms with Crippen molar-refractivity contribution in [1.29, 1.82) is 0 Å². The van der Waals surface area contributed by atoms with Gasteiger partial charge in [-0.15, -0.1) is 0 Å². The molecule has 122 valence electrons. The van der Waals surface area contributed by atoms with Crippen LogP contribution in [0.15, 0.2) is 48.8 Å². The maximum Gasteiger partial charge on any atom is 0.392 e. The minimum absolute atomic E-state index is 0.111. The predicted molar refractivity (Wildman–Crippen MR) is 88.5 cm³/mol. The van der Waals surface area contributed by atoms with Crippen molar-refractivity contribution in [2.45, 2.75) is 20.0 Å². The van der Waals surface area contributed by atoms with Crippen LogP contribution in [0.2, 0.25) is 0 Å². The average Bonchev–Trinajstić information content (AvgIpc) is 2.54. The highest BCUT2D eigenvalue weighted by atomic mass is 16.6. The van der Waals surface area contributed by atoms with Gasteiger partial charge in [0, 0.05) is 5.39 Å². The Bertz CT molecular complexity index is 891. The smallest absolute Gasteiger partial charge is 0.392 e. The second-order valence-corrected chi connectivity index (χ2v) is 5.34. The van der Waals surface area contributed by atoms with Gasteiger partial charge in [0.15, 0.2) is 0 Å². The summed E-state index contributed by atoms with van der Waals surface area (Å²) in [4.78, 5) is 18.6. The normalized spacial score (nSPS) is 10.8. The van der Waals surface area contributed by atoms with Crippen LogP contribution in [-0.4, -0.2) is 21.0 Å². The molecule has 0 fully saturated rings. The molecule has 0 saturated heterocycles. The molecule has 0 spiro atoms. The van der Waals surface area contributed by atoms with Gasteiger partial charge in [0.25, 0.3) is 0 Å². The van der Waals surface area contributed by atoms with E-state index in [0.717, 1.165) is 10.8 Å². The SMILES string of the molecule is CC(C)Oc1ncnc(Oc2cccc3ccccc23)c1[N+](=O)[O-]. The van der Waals surface area contributed by atoms with Crippen LogP contribution in [-0.2, 0) is 0 Å². The molecule has 0 unspecified atom stereocenters. The Morgan fingerprint density at radius 3 is 2.50 bits per heavy atom. The summed E-state index contributed by atoms with van der Waals surface area (Å²) in [7, 11) is 0. The lowest BCUT2D eigenvalue weighted by Gasteiger charge is -2.11. The highest BCUT2D eigenvalue weighted by Gasteiger charge is 2.27. The molecular weight excluding hydrogens is 310 g/mol. The molecule has 0 aliphatic heterocycles. The van der Waals surface area contributed by atoms with E-state index in [1.165, 1.54) is 6.33 Å². The van der Waals surface area contributed by atoms with Crippen LogP contribution >= 0.6 is 0 Å². The number of aromatic nitrogens is 2. The molecule has 1 aromatic heterocycles. The van der Waals surface area contributed by atoms with Crippen LogP contribution in [0.3, 0.4) is 0 Å². The topological polar surface area (TPSA) is 87.4 Å². The number of hydrogen-bond donors (Lipinski definition) is 0. The minimum atomic E-state index is -0.599. The lowest BCUT2D eigenvalue weighted by Crippen LogP contribution is -2.10. The first-order chi connectivity index (χ1) is 11.6. The average molecular weight is 325 g/mol. The van der Waals surface area contributed by atoms with Crippen molar-refractivity contribution in [3.8, 4) is 17.5 Å². The van der Waals surface area contributed by atoms with Crippen LogP contribution in [0.5, 0.6) is 17.5 Å². The van der Waals surface area contributed by atoms with Gasteiger partial charge in [-0.1, -0.05) is 36.4 Å². The molecule has 0 N–H and O–H groups in total. The fourth-order valence-corrected chi connectivity index (χ4v) is 2.28. The molecule has 0 aliphatic rings. The van der Waals surface area contributed by atoms with E-state index >= 15 is 0 Å². The Labute approximate surface area is 138 Å². The summed E-state index contributed by atoms with van der Waals surface area (Å²) in [6.07, 6.45) is 0.926. The van der Waals surface area contributed by atoms with Gasteiger partial charge in [0.05, 0.1) is 11.0 Å². The summed E-state index contributed by atoms with van der Waals surface area (Å²) in [6.45, 7) is 3.52. The molecule has 3 rings (SSSR count). The molecule has 1 heterocycles. The van der Waals surface area contributed by atoms with Crippen molar-refractivity contribution in [3.05, 3.63) is 58.9 Å². The van der Waals surface area contributed by atoms with Crippen LogP contribution < -0.4 is 9.47 Å². The first-order valence-electron chi connectivity index (χ1n) is 7.38. The van der Waals surface area contributed by atoms with Gasteiger partial charge < -0.3 is 9.47 Å². The van der Waals surface area contributed by atoms with Crippen molar-refractivity contribution in [1.82, 2.24) is 9.97 Å². The molecule has 0 atom stereocenters. The zero-order valence-electron chi connectivity index (χ0n) is 13.2. The van der Waals surface area contributed by atoms with E-state index in [1.807, 2.05) is 36.4 Å². The lowest BCUT2D eigenvalue weighted by molar-refractivity contribution is -0.387. The van der Waals surface area contributed by atoms with Gasteiger partial charge >= 0.3 is 17.4 Å². The molecule has 24 heavy (non-hydrogen) atoms. The first kappa shape index (κ1) is 15.7. The number of rotatable bonds is 5. The van der Waals surface area contributed by atoms with Crippen LogP contribution in [0.4, 0.5) is 5.69 Å². The summed E-state index contributed by atoms with van der Waals surface area (Å²) in [6, 6.07) is 13.1. The molecule has 0 amide bonds. The zero-order chi connectivity index (χ0) is 17.1. The Hall–Kier alpha value is -3.22. The Morgan fingerprint density at radius 1 is 1.04 bits per heavy atom. The Morgan fingerprint density at radius 2 is 1.75 bits per heavy atom. The number of ether oxygens (including phenoxy) is 2. The summed E-state index contributed by atoms with van der Waals surface area (Å²) >= 11 is 0. The van der Waals surface area contributed by atoms with Crippen molar-refractivity contribution < 1.29 is 14.4 Å². The maximum atomic E-state index is 11.4. The van der Waals surface area contributed by atoms with Crippen molar-refractivity contribution in [3.63, 3.8) is 0 Å². The number of fused-ring (bicyclic) bond motifs is 1. The van der Waals surface area contributed by atoms with Crippen LogP contribution in [0.25, 0.3) is 10.8 Å². The third-order valence-corrected chi connectivity index (χ3v) is 3.24. The zero-order valence-corrected chi connectivity index (χ0v) is 13.2. The van der Waals surface area contributed by atoms with E-state index < -0.39 is 4.92 Å². The third kappa shape index (κ3) is 3.10. The highest BCUT2D eigenvalue weighted by molar-refractivity contribution is 5.88. The van der Waals surface area contributed by atoms with Gasteiger partial charge in [0.1, 0.15) is 12.1 Å². The Kier molecular flexibility index (Phi) is 4.24. The van der Waals surface area contributed by atoms with E-state index in [1.54, 1.807) is 19.9 Å². The number of nitrogens with zero attached hydrogens (tertiary/aromatic N) is 3. The van der Waals surface area contributed by atoms with E-state index in [0.29, 0.717) is 5.75 Å². The van der Waals surface area contributed by atoms with E-state index in [-0.39, 0.29) is 23.6 Å². The van der Waals surface area contributed by atoms with Crippen molar-refractivity contribution >= 4 is 16.5 Å². The molecular formula is C17H15N3O4. The number of nitro groups is 1. The van der Waals surface area contributed by atoms with Crippen LogP contribution in [0.1, 0.15) is 13.8 Å². The standard InChI is InChI=1S/C17H15N3O4/c1-11(2)23-16-15(20(21)22)17(19-10-18-16)24-14-9-5-7-12-6-3-4-8-13(12)14/h3-11H,1-2H3. The van der Waals surface area contributed by atoms with Gasteiger partial charge in [-0.25, -0.2) is 0 Å². The van der Waals surface area contributed by atoms with E-state index in [2.05, 4.69) is 9.97 Å². The molecule has 2 aromatic carbocycles. The van der Waals surface area contributed by atoms with Crippen LogP contribution in [0, 0.1) is 10.1 Å². The van der Waals surface area contributed by atoms with Gasteiger partial charge in [-0.05, 0) is 25.3 Å². The second-order valence-electron chi connectivity index (χ2n) is 5.34. The first-order valence-corrected chi connectivity index (χ1v) is 7.38. The van der Waals surface area contributed by atoms with Gasteiger partial charge in [0.2, 0.25) is 0 Å². The lowest BCUT2D eigenvalue weighted by atomic mass is 10.1. The molecule has 7 heteroatoms. The fourth-order valence-electron chi connectivity index (χ4n) is 2.28. The quantitative estimate of drug-likeness (QED) is 0.518. The molecule has 0 aliphatic carbocycles. The fraction of sp³-hybridized carbons (Fsp3) is 0.176.